The van der Waals surface area contributed by atoms with Crippen molar-refractivity contribution in [2.75, 3.05) is 18.8 Å². The second-order valence-electron chi connectivity index (χ2n) is 6.73. The lowest BCUT2D eigenvalue weighted by Crippen LogP contribution is -2.45. The fourth-order valence-electron chi connectivity index (χ4n) is 3.31. The van der Waals surface area contributed by atoms with Crippen LogP contribution in [0.3, 0.4) is 0 Å². The topological polar surface area (TPSA) is 54.5 Å². The highest BCUT2D eigenvalue weighted by Crippen LogP contribution is 2.25. The van der Waals surface area contributed by atoms with Crippen molar-refractivity contribution in [3.63, 3.8) is 0 Å². The van der Waals surface area contributed by atoms with Crippen LogP contribution in [0.2, 0.25) is 0 Å². The van der Waals surface area contributed by atoms with Crippen LogP contribution in [0, 0.1) is 11.8 Å². The molecule has 0 aromatic rings. The zero-order chi connectivity index (χ0) is 15.5. The number of nitrogens with zero attached hydrogens (tertiary/aromatic N) is 1. The zero-order valence-electron chi connectivity index (χ0n) is 13.1. The molecule has 1 atom stereocenters. The summed E-state index contributed by atoms with van der Waals surface area (Å²) < 4.78 is 24.5. The lowest BCUT2D eigenvalue weighted by molar-refractivity contribution is -0.136. The number of carbonyl (C=O) groups excluding carboxylic acids is 1. The van der Waals surface area contributed by atoms with Gasteiger partial charge in [0.1, 0.15) is 0 Å². The van der Waals surface area contributed by atoms with Crippen LogP contribution in [0.5, 0.6) is 0 Å². The Morgan fingerprint density at radius 1 is 1.19 bits per heavy atom. The molecule has 1 heterocycles. The molecule has 1 amide bonds. The average Bonchev–Trinajstić information content (AvgIpc) is 2.46. The first-order chi connectivity index (χ1) is 9.90. The lowest BCUT2D eigenvalue weighted by atomic mass is 9.92. The predicted octanol–water partition coefficient (Wildman–Crippen LogP) is 2.40. The summed E-state index contributed by atoms with van der Waals surface area (Å²) in [6.07, 6.45) is 8.17. The summed E-state index contributed by atoms with van der Waals surface area (Å²) in [6.45, 7) is 5.07. The normalized spacial score (nSPS) is 24.5. The number of rotatable bonds is 4. The van der Waals surface area contributed by atoms with Gasteiger partial charge in [-0.2, -0.15) is 0 Å². The van der Waals surface area contributed by atoms with Gasteiger partial charge in [0.2, 0.25) is 5.91 Å². The Labute approximate surface area is 128 Å². The van der Waals surface area contributed by atoms with E-state index in [1.54, 1.807) is 0 Å². The fourth-order valence-corrected chi connectivity index (χ4v) is 5.44. The quantitative estimate of drug-likeness (QED) is 0.749. The summed E-state index contributed by atoms with van der Waals surface area (Å²) in [6, 6.07) is 0. The largest absolute Gasteiger partial charge is 0.342 e. The molecule has 0 spiro atoms. The van der Waals surface area contributed by atoms with E-state index in [1.165, 1.54) is 0 Å². The molecule has 4 nitrogen and oxygen atoms in total. The molecule has 1 fully saturated rings. The Kier molecular flexibility index (Phi) is 5.47. The minimum absolute atomic E-state index is 0.110. The fraction of sp³-hybridized carbons (Fsp3) is 0.812. The standard InChI is InChI=1S/C16H27NO3S/c1-13(2)12-21(19,20)15-8-10-17(11-9-15)16(18)14-6-4-3-5-7-14/h3-4,13-15H,5-12H2,1-2H3. The summed E-state index contributed by atoms with van der Waals surface area (Å²) in [5.41, 5.74) is 0. The van der Waals surface area contributed by atoms with Crippen LogP contribution in [0.25, 0.3) is 0 Å². The maximum atomic E-state index is 12.4. The number of hydrogen-bond donors (Lipinski definition) is 0. The van der Waals surface area contributed by atoms with E-state index in [1.807, 2.05) is 18.7 Å². The minimum atomic E-state index is -3.01. The molecule has 2 aliphatic rings. The lowest BCUT2D eigenvalue weighted by Gasteiger charge is -2.34. The van der Waals surface area contributed by atoms with E-state index in [2.05, 4.69) is 12.2 Å². The molecule has 2 rings (SSSR count). The van der Waals surface area contributed by atoms with Gasteiger partial charge in [-0.1, -0.05) is 26.0 Å². The monoisotopic (exact) mass is 313 g/mol. The first kappa shape index (κ1) is 16.5. The van der Waals surface area contributed by atoms with Crippen LogP contribution < -0.4 is 0 Å². The Morgan fingerprint density at radius 3 is 2.38 bits per heavy atom. The van der Waals surface area contributed by atoms with Gasteiger partial charge in [0.15, 0.2) is 9.84 Å². The Bertz CT molecular complexity index is 488. The number of carbonyl (C=O) groups is 1. The first-order valence-electron chi connectivity index (χ1n) is 8.05. The molecule has 1 aliphatic heterocycles. The van der Waals surface area contributed by atoms with E-state index in [9.17, 15) is 13.2 Å². The van der Waals surface area contributed by atoms with Crippen molar-refractivity contribution in [1.82, 2.24) is 4.90 Å². The number of amides is 1. The van der Waals surface area contributed by atoms with E-state index >= 15 is 0 Å². The van der Waals surface area contributed by atoms with Crippen LogP contribution in [0.1, 0.15) is 46.0 Å². The van der Waals surface area contributed by atoms with Crippen molar-refractivity contribution in [2.45, 2.75) is 51.2 Å². The second-order valence-corrected chi connectivity index (χ2v) is 9.06. The zero-order valence-corrected chi connectivity index (χ0v) is 13.9. The third-order valence-electron chi connectivity index (χ3n) is 4.45. The maximum Gasteiger partial charge on any atom is 0.226 e. The third kappa shape index (κ3) is 4.31. The summed E-state index contributed by atoms with van der Waals surface area (Å²) >= 11 is 0. The van der Waals surface area contributed by atoms with Crippen molar-refractivity contribution in [3.8, 4) is 0 Å². The second kappa shape index (κ2) is 6.95. The molecule has 0 saturated carbocycles. The molecule has 5 heteroatoms. The number of likely N-dealkylation sites (tertiary alicyclic amines) is 1. The Balaban J connectivity index is 1.88. The van der Waals surface area contributed by atoms with Gasteiger partial charge in [0.25, 0.3) is 0 Å². The molecule has 1 unspecified atom stereocenters. The molecule has 0 N–H and O–H groups in total. The van der Waals surface area contributed by atoms with Crippen LogP contribution in [-0.4, -0.2) is 43.3 Å². The van der Waals surface area contributed by atoms with Gasteiger partial charge in [0, 0.05) is 19.0 Å². The van der Waals surface area contributed by atoms with Crippen molar-refractivity contribution in [2.24, 2.45) is 11.8 Å². The van der Waals surface area contributed by atoms with E-state index in [-0.39, 0.29) is 28.7 Å². The van der Waals surface area contributed by atoms with Gasteiger partial charge in [-0.15, -0.1) is 0 Å². The van der Waals surface area contributed by atoms with Gasteiger partial charge in [-0.25, -0.2) is 8.42 Å². The first-order valence-corrected chi connectivity index (χ1v) is 9.77. The highest BCUT2D eigenvalue weighted by Gasteiger charge is 2.33. The molecule has 0 aromatic heterocycles. The molecule has 1 aliphatic carbocycles. The molecule has 0 bridgehead atoms. The van der Waals surface area contributed by atoms with E-state index in [0.29, 0.717) is 25.9 Å². The molecule has 1 saturated heterocycles. The predicted molar refractivity (Wildman–Crippen MR) is 84.7 cm³/mol. The van der Waals surface area contributed by atoms with Crippen molar-refractivity contribution in [3.05, 3.63) is 12.2 Å². The molecule has 0 radical (unpaired) electrons. The number of piperidine rings is 1. The van der Waals surface area contributed by atoms with Crippen LogP contribution >= 0.6 is 0 Å². The maximum absolute atomic E-state index is 12.4. The summed E-state index contributed by atoms with van der Waals surface area (Å²) in [4.78, 5) is 14.3. The van der Waals surface area contributed by atoms with Crippen LogP contribution in [0.15, 0.2) is 12.2 Å². The van der Waals surface area contributed by atoms with Gasteiger partial charge >= 0.3 is 0 Å². The van der Waals surface area contributed by atoms with Crippen LogP contribution in [0.4, 0.5) is 0 Å². The third-order valence-corrected chi connectivity index (χ3v) is 7.06. The number of sulfone groups is 1. The van der Waals surface area contributed by atoms with Gasteiger partial charge < -0.3 is 4.90 Å². The molecular weight excluding hydrogens is 286 g/mol. The summed E-state index contributed by atoms with van der Waals surface area (Å²) in [5.74, 6) is 0.764. The van der Waals surface area contributed by atoms with Gasteiger partial charge in [-0.05, 0) is 38.0 Å². The Morgan fingerprint density at radius 2 is 1.86 bits per heavy atom. The van der Waals surface area contributed by atoms with E-state index < -0.39 is 9.84 Å². The number of hydrogen-bond acceptors (Lipinski definition) is 3. The number of allylic oxidation sites excluding steroid dienone is 2. The molecule has 21 heavy (non-hydrogen) atoms. The van der Waals surface area contributed by atoms with Gasteiger partial charge in [-0.3, -0.25) is 4.79 Å². The van der Waals surface area contributed by atoms with Gasteiger partial charge in [0.05, 0.1) is 11.0 Å². The molecular formula is C16H27NO3S. The van der Waals surface area contributed by atoms with Crippen molar-refractivity contribution < 1.29 is 13.2 Å². The minimum Gasteiger partial charge on any atom is -0.342 e. The molecule has 0 aromatic carbocycles. The SMILES string of the molecule is CC(C)CS(=O)(=O)C1CCN(C(=O)C2CC=CCC2)CC1. The van der Waals surface area contributed by atoms with Crippen molar-refractivity contribution in [1.29, 1.82) is 0 Å². The average molecular weight is 313 g/mol. The highest BCUT2D eigenvalue weighted by molar-refractivity contribution is 7.92. The molecule has 120 valence electrons. The Hall–Kier alpha value is -0.840. The summed E-state index contributed by atoms with van der Waals surface area (Å²) in [5, 5.41) is -0.254. The van der Waals surface area contributed by atoms with E-state index in [0.717, 1.165) is 19.3 Å². The van der Waals surface area contributed by atoms with Crippen molar-refractivity contribution >= 4 is 15.7 Å². The smallest absolute Gasteiger partial charge is 0.226 e. The van der Waals surface area contributed by atoms with E-state index in [4.69, 9.17) is 0 Å². The van der Waals surface area contributed by atoms with Crippen LogP contribution in [-0.2, 0) is 14.6 Å². The highest BCUT2D eigenvalue weighted by atomic mass is 32.2. The summed E-state index contributed by atoms with van der Waals surface area (Å²) in [7, 11) is -3.01.